The molecule has 0 saturated carbocycles. The van der Waals surface area contributed by atoms with Crippen LogP contribution < -0.4 is 0 Å². The van der Waals surface area contributed by atoms with Crippen molar-refractivity contribution in [1.82, 2.24) is 4.90 Å². The van der Waals surface area contributed by atoms with Crippen molar-refractivity contribution in [2.45, 2.75) is 0 Å². The zero-order valence-electron chi connectivity index (χ0n) is 10.8. The van der Waals surface area contributed by atoms with Gasteiger partial charge in [-0.15, -0.1) is 0 Å². The summed E-state index contributed by atoms with van der Waals surface area (Å²) in [6.07, 6.45) is 3.38. The first-order valence-corrected chi connectivity index (χ1v) is 7.88. The van der Waals surface area contributed by atoms with E-state index in [0.29, 0.717) is 15.9 Å². The fourth-order valence-electron chi connectivity index (χ4n) is 1.86. The Hall–Kier alpha value is -1.93. The number of benzene rings is 1. The number of amidine groups is 3. The first-order chi connectivity index (χ1) is 10.1. The number of aliphatic imine (C=N–C) groups is 1. The molecule has 0 fully saturated rings. The molecule has 5 nitrogen and oxygen atoms in total. The van der Waals surface area contributed by atoms with Crippen molar-refractivity contribution < 1.29 is 9.18 Å². The van der Waals surface area contributed by atoms with Gasteiger partial charge in [-0.1, -0.05) is 23.9 Å². The minimum Gasteiger partial charge on any atom is -0.283 e. The minimum absolute atomic E-state index is 0.0347. The molecule has 21 heavy (non-hydrogen) atoms. The van der Waals surface area contributed by atoms with E-state index in [9.17, 15) is 9.18 Å². The number of hydrogen-bond donors (Lipinski definition) is 1. The predicted molar refractivity (Wildman–Crippen MR) is 84.9 cm³/mol. The van der Waals surface area contributed by atoms with Gasteiger partial charge in [0.15, 0.2) is 5.17 Å². The highest BCUT2D eigenvalue weighted by Crippen LogP contribution is 2.30. The lowest BCUT2D eigenvalue weighted by atomic mass is 10.1. The highest BCUT2D eigenvalue weighted by Gasteiger charge is 2.36. The van der Waals surface area contributed by atoms with Crippen LogP contribution in [0.2, 0.25) is 0 Å². The molecule has 1 aromatic carbocycles. The molecule has 106 valence electrons. The first-order valence-electron chi connectivity index (χ1n) is 5.88. The topological polar surface area (TPSA) is 68.9 Å². The van der Waals surface area contributed by atoms with Crippen LogP contribution >= 0.6 is 23.7 Å². The second kappa shape index (κ2) is 5.45. The summed E-state index contributed by atoms with van der Waals surface area (Å²) in [5.41, 5.74) is 0.798. The maximum atomic E-state index is 12.9. The lowest BCUT2D eigenvalue weighted by Crippen LogP contribution is -2.41. The molecular weight excluding hydrogens is 311 g/mol. The van der Waals surface area contributed by atoms with Crippen LogP contribution in [-0.4, -0.2) is 33.2 Å². The molecule has 0 radical (unpaired) electrons. The molecule has 0 saturated heterocycles. The Morgan fingerprint density at radius 1 is 1.38 bits per heavy atom. The van der Waals surface area contributed by atoms with Crippen LogP contribution in [0.1, 0.15) is 5.56 Å². The fourth-order valence-corrected chi connectivity index (χ4v) is 3.31. The Balaban J connectivity index is 2.00. The summed E-state index contributed by atoms with van der Waals surface area (Å²) in [6.45, 7) is 0. The molecule has 0 atom stereocenters. The van der Waals surface area contributed by atoms with Gasteiger partial charge < -0.3 is 0 Å². The molecule has 2 aliphatic heterocycles. The van der Waals surface area contributed by atoms with E-state index in [4.69, 9.17) is 5.41 Å². The second-order valence-corrected chi connectivity index (χ2v) is 5.67. The smallest absolute Gasteiger partial charge is 0.283 e. The van der Waals surface area contributed by atoms with Gasteiger partial charge in [0, 0.05) is 0 Å². The highest BCUT2D eigenvalue weighted by molar-refractivity contribution is 8.18. The van der Waals surface area contributed by atoms with Crippen LogP contribution in [0.25, 0.3) is 6.08 Å². The van der Waals surface area contributed by atoms with Gasteiger partial charge in [-0.25, -0.2) is 9.29 Å². The monoisotopic (exact) mass is 320 g/mol. The average Bonchev–Trinajstić information content (AvgIpc) is 2.88. The van der Waals surface area contributed by atoms with E-state index in [-0.39, 0.29) is 17.2 Å². The number of thioether (sulfide) groups is 1. The average molecular weight is 320 g/mol. The summed E-state index contributed by atoms with van der Waals surface area (Å²) in [7, 11) is 0. The van der Waals surface area contributed by atoms with Gasteiger partial charge >= 0.3 is 0 Å². The molecule has 2 aliphatic rings. The van der Waals surface area contributed by atoms with Gasteiger partial charge in [0.1, 0.15) is 11.7 Å². The molecule has 2 heterocycles. The van der Waals surface area contributed by atoms with Crippen LogP contribution in [0.5, 0.6) is 0 Å². The summed E-state index contributed by atoms with van der Waals surface area (Å²) in [6, 6.07) is 5.70. The second-order valence-electron chi connectivity index (χ2n) is 4.16. The Labute approximate surface area is 128 Å². The number of amides is 1. The van der Waals surface area contributed by atoms with Crippen LogP contribution in [0.4, 0.5) is 4.39 Å². The van der Waals surface area contributed by atoms with Crippen molar-refractivity contribution in [2.75, 3.05) is 6.26 Å². The van der Waals surface area contributed by atoms with Crippen molar-refractivity contribution in [3.63, 3.8) is 0 Å². The van der Waals surface area contributed by atoms with Gasteiger partial charge in [-0.2, -0.15) is 9.39 Å². The number of nitrogens with one attached hydrogen (secondary N) is 1. The molecule has 1 aromatic rings. The van der Waals surface area contributed by atoms with E-state index < -0.39 is 5.91 Å². The van der Waals surface area contributed by atoms with E-state index in [1.54, 1.807) is 12.1 Å². The summed E-state index contributed by atoms with van der Waals surface area (Å²) in [5, 5.41) is 9.21. The molecule has 0 aliphatic carbocycles. The number of hydrogen-bond acceptors (Lipinski definition) is 5. The number of fused-ring (bicyclic) bond motifs is 1. The Bertz CT molecular complexity index is 724. The number of nitrogens with zero attached hydrogens (tertiary/aromatic N) is 3. The molecule has 0 unspecified atom stereocenters. The van der Waals surface area contributed by atoms with Crippen molar-refractivity contribution in [2.24, 2.45) is 9.39 Å². The zero-order chi connectivity index (χ0) is 15.0. The maximum absolute atomic E-state index is 12.9. The van der Waals surface area contributed by atoms with Crippen LogP contribution in [0, 0.1) is 11.2 Å². The normalized spacial score (nSPS) is 19.7. The molecular formula is C13H9FN4OS2. The SMILES string of the molecule is CSC1=NSC2=NC(=O)/C(=C\c3ccc(F)cc3)C(=N)N12. The summed E-state index contributed by atoms with van der Waals surface area (Å²) < 4.78 is 17.1. The molecule has 0 bridgehead atoms. The Morgan fingerprint density at radius 2 is 2.10 bits per heavy atom. The lowest BCUT2D eigenvalue weighted by Gasteiger charge is -2.23. The largest absolute Gasteiger partial charge is 0.283 e. The third kappa shape index (κ3) is 2.52. The quantitative estimate of drug-likeness (QED) is 0.638. The number of halogens is 1. The van der Waals surface area contributed by atoms with Gasteiger partial charge in [0.25, 0.3) is 5.91 Å². The van der Waals surface area contributed by atoms with Gasteiger partial charge in [-0.05, 0) is 30.0 Å². The first kappa shape index (κ1) is 14.0. The predicted octanol–water partition coefficient (Wildman–Crippen LogP) is 2.77. The van der Waals surface area contributed by atoms with Crippen LogP contribution in [0.15, 0.2) is 39.2 Å². The third-order valence-corrected chi connectivity index (χ3v) is 4.31. The van der Waals surface area contributed by atoms with Crippen molar-refractivity contribution in [1.29, 1.82) is 5.41 Å². The molecule has 0 aromatic heterocycles. The van der Waals surface area contributed by atoms with Crippen LogP contribution in [-0.2, 0) is 4.79 Å². The van der Waals surface area contributed by atoms with Gasteiger partial charge in [0.2, 0.25) is 5.17 Å². The van der Waals surface area contributed by atoms with Crippen molar-refractivity contribution in [3.05, 3.63) is 41.2 Å². The van der Waals surface area contributed by atoms with Gasteiger partial charge in [0.05, 0.1) is 17.5 Å². The highest BCUT2D eigenvalue weighted by atomic mass is 32.2. The molecule has 1 N–H and O–H groups in total. The van der Waals surface area contributed by atoms with E-state index in [1.165, 1.54) is 34.9 Å². The summed E-state index contributed by atoms with van der Waals surface area (Å²) in [5.74, 6) is -0.802. The van der Waals surface area contributed by atoms with Crippen molar-refractivity contribution >= 4 is 51.9 Å². The summed E-state index contributed by atoms with van der Waals surface area (Å²) >= 11 is 2.46. The third-order valence-electron chi connectivity index (χ3n) is 2.86. The molecule has 0 spiro atoms. The number of carbonyl (C=O) groups excluding carboxylic acids is 1. The van der Waals surface area contributed by atoms with E-state index in [1.807, 2.05) is 6.26 Å². The lowest BCUT2D eigenvalue weighted by molar-refractivity contribution is -0.114. The maximum Gasteiger partial charge on any atom is 0.283 e. The zero-order valence-corrected chi connectivity index (χ0v) is 12.5. The molecule has 8 heteroatoms. The molecule has 3 rings (SSSR count). The standard InChI is InChI=1S/C13H9FN4OS2/c1-20-13-17-21-12-16-11(19)9(10(15)18(12)13)6-7-2-4-8(14)5-3-7/h2-6,15H,1H3/b9-6-,15-10?. The van der Waals surface area contributed by atoms with Gasteiger partial charge in [-0.3, -0.25) is 10.2 Å². The number of carbonyl (C=O) groups is 1. The fraction of sp³-hybridized carbons (Fsp3) is 0.0769. The molecule has 1 amide bonds. The minimum atomic E-state index is -0.486. The van der Waals surface area contributed by atoms with Crippen LogP contribution in [0.3, 0.4) is 0 Å². The number of rotatable bonds is 1. The Morgan fingerprint density at radius 3 is 2.76 bits per heavy atom. The van der Waals surface area contributed by atoms with E-state index in [2.05, 4.69) is 9.39 Å². The summed E-state index contributed by atoms with van der Waals surface area (Å²) in [4.78, 5) is 17.5. The van der Waals surface area contributed by atoms with E-state index >= 15 is 0 Å². The van der Waals surface area contributed by atoms with E-state index in [0.717, 1.165) is 11.9 Å². The van der Waals surface area contributed by atoms with Crippen molar-refractivity contribution in [3.8, 4) is 0 Å². The Kier molecular flexibility index (Phi) is 3.64.